The van der Waals surface area contributed by atoms with Gasteiger partial charge in [-0.2, -0.15) is 0 Å². The number of benzene rings is 1. The van der Waals surface area contributed by atoms with Crippen LogP contribution in [0.4, 0.5) is 14.5 Å². The van der Waals surface area contributed by atoms with Crippen molar-refractivity contribution >= 4 is 23.4 Å². The maximum absolute atomic E-state index is 13.4. The average Bonchev–Trinajstić information content (AvgIpc) is 3.62. The number of rotatable bonds is 8. The fraction of sp³-hybridized carbons (Fsp3) is 0.679. The molecule has 2 N–H and O–H groups in total. The molecule has 1 aromatic carbocycles. The zero-order valence-electron chi connectivity index (χ0n) is 21.2. The van der Waals surface area contributed by atoms with E-state index in [1.165, 1.54) is 12.8 Å². The van der Waals surface area contributed by atoms with Gasteiger partial charge in [-0.15, -0.1) is 0 Å². The van der Waals surface area contributed by atoms with E-state index in [1.54, 1.807) is 4.90 Å². The van der Waals surface area contributed by atoms with Crippen molar-refractivity contribution in [3.8, 4) is 0 Å². The third kappa shape index (κ3) is 5.11. The second-order valence-corrected chi connectivity index (χ2v) is 11.8. The molecule has 4 fully saturated rings. The van der Waals surface area contributed by atoms with E-state index in [4.69, 9.17) is 0 Å². The number of piperidine rings is 1. The maximum atomic E-state index is 13.4. The van der Waals surface area contributed by atoms with Gasteiger partial charge < -0.3 is 15.1 Å². The summed E-state index contributed by atoms with van der Waals surface area (Å²) in [6.45, 7) is 1.31. The largest absolute Gasteiger partial charge is 0.368 e. The molecule has 1 atom stereocenters. The van der Waals surface area contributed by atoms with Crippen molar-refractivity contribution in [3.05, 3.63) is 29.3 Å². The normalized spacial score (nSPS) is 29.6. The third-order valence-corrected chi connectivity index (χ3v) is 9.04. The molecule has 5 aliphatic rings. The molecular weight excluding hydrogens is 478 g/mol. The fourth-order valence-corrected chi connectivity index (χ4v) is 6.73. The molecule has 3 amide bonds. The van der Waals surface area contributed by atoms with Gasteiger partial charge in [0, 0.05) is 67.3 Å². The van der Waals surface area contributed by atoms with Gasteiger partial charge in [0.25, 0.3) is 11.8 Å². The third-order valence-electron chi connectivity index (χ3n) is 9.04. The number of halogens is 2. The van der Waals surface area contributed by atoms with Crippen molar-refractivity contribution < 1.29 is 23.2 Å². The first kappa shape index (κ1) is 24.8. The quantitative estimate of drug-likeness (QED) is 0.517. The number of fused-ring (bicyclic) bond motifs is 1. The molecule has 37 heavy (non-hydrogen) atoms. The van der Waals surface area contributed by atoms with E-state index < -0.39 is 12.0 Å². The second kappa shape index (κ2) is 9.64. The summed E-state index contributed by atoms with van der Waals surface area (Å²) in [5.74, 6) is -2.53. The summed E-state index contributed by atoms with van der Waals surface area (Å²) < 4.78 is 26.5. The number of hydrogen-bond donors (Lipinski definition) is 2. The molecule has 0 radical (unpaired) electrons. The Balaban J connectivity index is 1.17. The van der Waals surface area contributed by atoms with Gasteiger partial charge in [-0.05, 0) is 56.6 Å². The molecule has 2 heterocycles. The molecule has 7 nitrogen and oxygen atoms in total. The number of hydrogen-bond acceptors (Lipinski definition) is 5. The first-order valence-corrected chi connectivity index (χ1v) is 13.9. The topological polar surface area (TPSA) is 81.8 Å². The number of nitrogens with one attached hydrogen (secondary N) is 2. The van der Waals surface area contributed by atoms with Crippen molar-refractivity contribution in [2.45, 2.75) is 107 Å². The molecule has 1 saturated heterocycles. The van der Waals surface area contributed by atoms with Gasteiger partial charge in [-0.1, -0.05) is 18.9 Å². The van der Waals surface area contributed by atoms with E-state index in [-0.39, 0.29) is 49.1 Å². The number of anilines is 1. The van der Waals surface area contributed by atoms with E-state index in [1.807, 2.05) is 12.1 Å². The SMILES string of the molecule is O=C1CCC(N2Cc3c(cccc3N(CCC3CC3)C3CCC(NC4CC(F)(F)C4)CC3)C2=O)C(=O)N1. The van der Waals surface area contributed by atoms with Crippen LogP contribution in [-0.2, 0) is 16.1 Å². The smallest absolute Gasteiger partial charge is 0.255 e. The van der Waals surface area contributed by atoms with Crippen LogP contribution in [0.1, 0.15) is 86.6 Å². The van der Waals surface area contributed by atoms with Crippen LogP contribution in [0.5, 0.6) is 0 Å². The molecule has 6 rings (SSSR count). The maximum Gasteiger partial charge on any atom is 0.255 e. The minimum absolute atomic E-state index is 0.0473. The number of carbonyl (C=O) groups excluding carboxylic acids is 3. The van der Waals surface area contributed by atoms with Crippen LogP contribution in [0.15, 0.2) is 18.2 Å². The monoisotopic (exact) mass is 514 g/mol. The lowest BCUT2D eigenvalue weighted by molar-refractivity contribution is -0.136. The molecule has 2 aliphatic heterocycles. The summed E-state index contributed by atoms with van der Waals surface area (Å²) in [7, 11) is 0. The fourth-order valence-electron chi connectivity index (χ4n) is 6.73. The molecule has 200 valence electrons. The summed E-state index contributed by atoms with van der Waals surface area (Å²) in [5.41, 5.74) is 2.71. The summed E-state index contributed by atoms with van der Waals surface area (Å²) >= 11 is 0. The van der Waals surface area contributed by atoms with E-state index in [9.17, 15) is 23.2 Å². The first-order chi connectivity index (χ1) is 17.8. The average molecular weight is 515 g/mol. The molecule has 9 heteroatoms. The highest BCUT2D eigenvalue weighted by Crippen LogP contribution is 2.41. The lowest BCUT2D eigenvalue weighted by Gasteiger charge is -2.42. The van der Waals surface area contributed by atoms with Gasteiger partial charge in [-0.25, -0.2) is 8.78 Å². The number of alkyl halides is 2. The molecule has 0 bridgehead atoms. The highest BCUT2D eigenvalue weighted by molar-refractivity contribution is 6.06. The van der Waals surface area contributed by atoms with Crippen molar-refractivity contribution in [2.75, 3.05) is 11.4 Å². The summed E-state index contributed by atoms with van der Waals surface area (Å²) in [5, 5.41) is 5.84. The Morgan fingerprint density at radius 1 is 1.00 bits per heavy atom. The van der Waals surface area contributed by atoms with Crippen molar-refractivity contribution in [1.82, 2.24) is 15.5 Å². The first-order valence-electron chi connectivity index (χ1n) is 13.9. The lowest BCUT2D eigenvalue weighted by atomic mass is 9.84. The van der Waals surface area contributed by atoms with E-state index in [0.29, 0.717) is 24.6 Å². The zero-order valence-corrected chi connectivity index (χ0v) is 21.2. The summed E-state index contributed by atoms with van der Waals surface area (Å²) in [6, 6.07) is 5.83. The minimum atomic E-state index is -2.50. The Morgan fingerprint density at radius 3 is 2.43 bits per heavy atom. The van der Waals surface area contributed by atoms with Gasteiger partial charge in [0.1, 0.15) is 6.04 Å². The van der Waals surface area contributed by atoms with E-state index in [2.05, 4.69) is 21.6 Å². The Bertz CT molecular complexity index is 1080. The van der Waals surface area contributed by atoms with Crippen molar-refractivity contribution in [3.63, 3.8) is 0 Å². The van der Waals surface area contributed by atoms with Gasteiger partial charge in [0.15, 0.2) is 0 Å². The van der Waals surface area contributed by atoms with Crippen LogP contribution in [0, 0.1) is 5.92 Å². The Morgan fingerprint density at radius 2 is 1.76 bits per heavy atom. The van der Waals surface area contributed by atoms with Gasteiger partial charge in [-0.3, -0.25) is 19.7 Å². The van der Waals surface area contributed by atoms with Gasteiger partial charge in [0.05, 0.1) is 0 Å². The molecule has 3 saturated carbocycles. The van der Waals surface area contributed by atoms with Gasteiger partial charge in [0.2, 0.25) is 11.8 Å². The molecule has 1 aromatic rings. The minimum Gasteiger partial charge on any atom is -0.368 e. The number of imide groups is 1. The molecule has 0 spiro atoms. The standard InChI is InChI=1S/C28H36F2N4O3/c29-28(30)14-19(15-28)31-18-6-8-20(9-7-18)33(13-12-17-4-5-17)23-3-1-2-21-22(23)16-34(27(21)37)24-10-11-25(35)32-26(24)36/h1-3,17-20,24,31H,4-16H2,(H,32,35,36). The molecular formula is C28H36F2N4O3. The Hall–Kier alpha value is -2.55. The van der Waals surface area contributed by atoms with Crippen LogP contribution >= 0.6 is 0 Å². The molecule has 1 unspecified atom stereocenters. The Labute approximate surface area is 216 Å². The summed E-state index contributed by atoms with van der Waals surface area (Å²) in [6.07, 6.45) is 8.09. The molecule has 0 aromatic heterocycles. The van der Waals surface area contributed by atoms with Crippen LogP contribution in [-0.4, -0.2) is 59.3 Å². The van der Waals surface area contributed by atoms with Crippen LogP contribution in [0.3, 0.4) is 0 Å². The zero-order chi connectivity index (χ0) is 25.7. The highest BCUT2D eigenvalue weighted by Gasteiger charge is 2.46. The predicted molar refractivity (Wildman–Crippen MR) is 134 cm³/mol. The Kier molecular flexibility index (Phi) is 6.45. The van der Waals surface area contributed by atoms with Crippen LogP contribution < -0.4 is 15.5 Å². The number of nitrogens with zero attached hydrogens (tertiary/aromatic N) is 2. The van der Waals surface area contributed by atoms with Crippen LogP contribution in [0.25, 0.3) is 0 Å². The summed E-state index contributed by atoms with van der Waals surface area (Å²) in [4.78, 5) is 41.6. The van der Waals surface area contributed by atoms with Crippen molar-refractivity contribution in [1.29, 1.82) is 0 Å². The predicted octanol–water partition coefficient (Wildman–Crippen LogP) is 3.75. The number of carbonyl (C=O) groups is 3. The number of amides is 3. The van der Waals surface area contributed by atoms with Gasteiger partial charge >= 0.3 is 0 Å². The highest BCUT2D eigenvalue weighted by atomic mass is 19.3. The van der Waals surface area contributed by atoms with E-state index in [0.717, 1.165) is 55.8 Å². The van der Waals surface area contributed by atoms with Crippen LogP contribution in [0.2, 0.25) is 0 Å². The lowest BCUT2D eigenvalue weighted by Crippen LogP contribution is -2.53. The second-order valence-electron chi connectivity index (χ2n) is 11.8. The van der Waals surface area contributed by atoms with E-state index >= 15 is 0 Å². The molecule has 3 aliphatic carbocycles. The van der Waals surface area contributed by atoms with Crippen molar-refractivity contribution in [2.24, 2.45) is 5.92 Å².